The highest BCUT2D eigenvalue weighted by Crippen LogP contribution is 2.21. The third-order valence-corrected chi connectivity index (χ3v) is 4.72. The van der Waals surface area contributed by atoms with E-state index in [-0.39, 0.29) is 17.6 Å². The minimum absolute atomic E-state index is 0.0772. The van der Waals surface area contributed by atoms with Crippen molar-refractivity contribution in [1.82, 2.24) is 15.3 Å². The van der Waals surface area contributed by atoms with Crippen molar-refractivity contribution < 1.29 is 14.0 Å². The van der Waals surface area contributed by atoms with Gasteiger partial charge in [-0.1, -0.05) is 12.1 Å². The predicted octanol–water partition coefficient (Wildman–Crippen LogP) is 3.27. The van der Waals surface area contributed by atoms with Gasteiger partial charge in [0.25, 0.3) is 5.91 Å². The number of carbonyl (C=O) groups is 2. The molecule has 2 amide bonds. The van der Waals surface area contributed by atoms with E-state index in [9.17, 15) is 14.0 Å². The van der Waals surface area contributed by atoms with Crippen LogP contribution in [0.1, 0.15) is 28.9 Å². The first-order chi connectivity index (χ1) is 13.6. The van der Waals surface area contributed by atoms with Gasteiger partial charge in [0, 0.05) is 31.9 Å². The van der Waals surface area contributed by atoms with Crippen molar-refractivity contribution in [1.29, 1.82) is 0 Å². The van der Waals surface area contributed by atoms with Gasteiger partial charge < -0.3 is 10.3 Å². The van der Waals surface area contributed by atoms with Gasteiger partial charge in [-0.3, -0.25) is 14.5 Å². The highest BCUT2D eigenvalue weighted by molar-refractivity contribution is 5.95. The molecule has 3 heterocycles. The largest absolute Gasteiger partial charge is 0.357 e. The van der Waals surface area contributed by atoms with E-state index >= 15 is 0 Å². The van der Waals surface area contributed by atoms with Crippen LogP contribution in [0.4, 0.5) is 10.2 Å². The molecule has 4 rings (SSSR count). The van der Waals surface area contributed by atoms with Crippen molar-refractivity contribution in [2.75, 3.05) is 11.4 Å². The molecule has 0 radical (unpaired) electrons. The number of aromatic nitrogens is 2. The number of carbonyl (C=O) groups excluding carboxylic acids is 2. The van der Waals surface area contributed by atoms with Crippen LogP contribution in [0.5, 0.6) is 0 Å². The molecule has 7 heteroatoms. The summed E-state index contributed by atoms with van der Waals surface area (Å²) in [7, 11) is 0. The summed E-state index contributed by atoms with van der Waals surface area (Å²) in [6.07, 6.45) is 4.74. The Hall–Kier alpha value is -3.48. The number of amides is 2. The maximum absolute atomic E-state index is 13.0. The van der Waals surface area contributed by atoms with E-state index < -0.39 is 0 Å². The van der Waals surface area contributed by atoms with Crippen LogP contribution in [0.3, 0.4) is 0 Å². The average Bonchev–Trinajstić information content (AvgIpc) is 3.36. The lowest BCUT2D eigenvalue weighted by molar-refractivity contribution is -0.117. The maximum atomic E-state index is 13.0. The summed E-state index contributed by atoms with van der Waals surface area (Å²) in [5.74, 6) is 0.148. The molecule has 6 nitrogen and oxygen atoms in total. The SMILES string of the molecule is O=C(NCc1ccnc(N2CCCC2=O)c1)c1cc(-c2ccc(F)cc2)c[nH]1. The molecule has 0 spiro atoms. The van der Waals surface area contributed by atoms with Crippen LogP contribution < -0.4 is 10.2 Å². The first-order valence-electron chi connectivity index (χ1n) is 9.08. The molecule has 0 atom stereocenters. The Labute approximate surface area is 161 Å². The van der Waals surface area contributed by atoms with Gasteiger partial charge in [0.05, 0.1) is 0 Å². The van der Waals surface area contributed by atoms with E-state index in [1.807, 2.05) is 12.1 Å². The summed E-state index contributed by atoms with van der Waals surface area (Å²) >= 11 is 0. The van der Waals surface area contributed by atoms with Crippen LogP contribution in [0.25, 0.3) is 11.1 Å². The van der Waals surface area contributed by atoms with Gasteiger partial charge in [0.2, 0.25) is 5.91 Å². The highest BCUT2D eigenvalue weighted by atomic mass is 19.1. The summed E-state index contributed by atoms with van der Waals surface area (Å²) in [4.78, 5) is 33.2. The monoisotopic (exact) mass is 378 g/mol. The van der Waals surface area contributed by atoms with Crippen LogP contribution >= 0.6 is 0 Å². The summed E-state index contributed by atoms with van der Waals surface area (Å²) in [6.45, 7) is 0.998. The van der Waals surface area contributed by atoms with Crippen molar-refractivity contribution in [3.8, 4) is 11.1 Å². The number of rotatable bonds is 5. The van der Waals surface area contributed by atoms with E-state index in [0.717, 1.165) is 23.1 Å². The Bertz CT molecular complexity index is 1010. The number of benzene rings is 1. The number of nitrogens with one attached hydrogen (secondary N) is 2. The third kappa shape index (κ3) is 3.78. The van der Waals surface area contributed by atoms with E-state index in [2.05, 4.69) is 15.3 Å². The second kappa shape index (κ2) is 7.64. The molecule has 1 aliphatic rings. The molecule has 2 N–H and O–H groups in total. The maximum Gasteiger partial charge on any atom is 0.267 e. The molecule has 0 unspecified atom stereocenters. The van der Waals surface area contributed by atoms with Crippen molar-refractivity contribution in [3.63, 3.8) is 0 Å². The topological polar surface area (TPSA) is 78.1 Å². The lowest BCUT2D eigenvalue weighted by atomic mass is 10.1. The average molecular weight is 378 g/mol. The molecule has 1 aliphatic heterocycles. The van der Waals surface area contributed by atoms with Gasteiger partial charge in [-0.2, -0.15) is 0 Å². The van der Waals surface area contributed by atoms with Gasteiger partial charge in [-0.25, -0.2) is 9.37 Å². The van der Waals surface area contributed by atoms with Gasteiger partial charge in [0.1, 0.15) is 17.3 Å². The molecule has 142 valence electrons. The molecule has 2 aromatic heterocycles. The molecule has 0 bridgehead atoms. The van der Waals surface area contributed by atoms with E-state index in [1.54, 1.807) is 35.5 Å². The van der Waals surface area contributed by atoms with Gasteiger partial charge in [-0.15, -0.1) is 0 Å². The summed E-state index contributed by atoms with van der Waals surface area (Å²) < 4.78 is 13.0. The molecule has 28 heavy (non-hydrogen) atoms. The smallest absolute Gasteiger partial charge is 0.267 e. The van der Waals surface area contributed by atoms with Crippen LogP contribution in [0.15, 0.2) is 54.9 Å². The summed E-state index contributed by atoms with van der Waals surface area (Å²) in [6, 6.07) is 11.5. The molecule has 1 fully saturated rings. The minimum Gasteiger partial charge on any atom is -0.357 e. The number of nitrogens with zero attached hydrogens (tertiary/aromatic N) is 2. The van der Waals surface area contributed by atoms with Crippen molar-refractivity contribution in [2.45, 2.75) is 19.4 Å². The van der Waals surface area contributed by atoms with Crippen molar-refractivity contribution in [3.05, 3.63) is 71.9 Å². The molecule has 1 saturated heterocycles. The Morgan fingerprint density at radius 3 is 2.75 bits per heavy atom. The highest BCUT2D eigenvalue weighted by Gasteiger charge is 2.22. The van der Waals surface area contributed by atoms with E-state index in [0.29, 0.717) is 31.0 Å². The molecular formula is C21H19FN4O2. The lowest BCUT2D eigenvalue weighted by Crippen LogP contribution is -2.26. The Morgan fingerprint density at radius 2 is 2.00 bits per heavy atom. The fourth-order valence-corrected chi connectivity index (χ4v) is 3.22. The minimum atomic E-state index is -0.301. The predicted molar refractivity (Wildman–Crippen MR) is 103 cm³/mol. The molecule has 0 aliphatic carbocycles. The number of H-pyrrole nitrogens is 1. The normalized spacial score (nSPS) is 13.8. The van der Waals surface area contributed by atoms with E-state index in [1.165, 1.54) is 12.1 Å². The zero-order valence-electron chi connectivity index (χ0n) is 15.1. The number of pyridine rings is 1. The Morgan fingerprint density at radius 1 is 1.18 bits per heavy atom. The van der Waals surface area contributed by atoms with Crippen molar-refractivity contribution >= 4 is 17.6 Å². The zero-order chi connectivity index (χ0) is 19.5. The van der Waals surface area contributed by atoms with Gasteiger partial charge >= 0.3 is 0 Å². The van der Waals surface area contributed by atoms with Crippen molar-refractivity contribution in [2.24, 2.45) is 0 Å². The second-order valence-electron chi connectivity index (χ2n) is 6.66. The Kier molecular flexibility index (Phi) is 4.89. The summed E-state index contributed by atoms with van der Waals surface area (Å²) in [5, 5.41) is 2.86. The zero-order valence-corrected chi connectivity index (χ0v) is 15.1. The molecular weight excluding hydrogens is 359 g/mol. The van der Waals surface area contributed by atoms with Crippen LogP contribution in [0.2, 0.25) is 0 Å². The van der Waals surface area contributed by atoms with Crippen LogP contribution in [-0.2, 0) is 11.3 Å². The second-order valence-corrected chi connectivity index (χ2v) is 6.66. The Balaban J connectivity index is 1.41. The van der Waals surface area contributed by atoms with Crippen LogP contribution in [0, 0.1) is 5.82 Å². The first kappa shape index (κ1) is 17.9. The van der Waals surface area contributed by atoms with Gasteiger partial charge in [0.15, 0.2) is 0 Å². The molecule has 1 aromatic carbocycles. The first-order valence-corrected chi connectivity index (χ1v) is 9.08. The summed E-state index contributed by atoms with van der Waals surface area (Å²) in [5.41, 5.74) is 2.92. The van der Waals surface area contributed by atoms with E-state index in [4.69, 9.17) is 0 Å². The number of hydrogen-bond acceptors (Lipinski definition) is 3. The lowest BCUT2D eigenvalue weighted by Gasteiger charge is -2.15. The fraction of sp³-hybridized carbons (Fsp3) is 0.190. The standard InChI is InChI=1S/C21H19FN4O2/c22-17-5-3-15(4-6-17)16-11-18(24-13-16)21(28)25-12-14-7-8-23-19(10-14)26-9-1-2-20(26)27/h3-8,10-11,13,24H,1-2,9,12H2,(H,25,28). The number of halogens is 1. The fourth-order valence-electron chi connectivity index (χ4n) is 3.22. The number of aromatic amines is 1. The molecule has 3 aromatic rings. The third-order valence-electron chi connectivity index (χ3n) is 4.72. The molecule has 0 saturated carbocycles. The quantitative estimate of drug-likeness (QED) is 0.715. The number of hydrogen-bond donors (Lipinski definition) is 2. The van der Waals surface area contributed by atoms with Crippen LogP contribution in [-0.4, -0.2) is 28.3 Å². The number of anilines is 1. The van der Waals surface area contributed by atoms with Gasteiger partial charge in [-0.05, 0) is 53.4 Å².